The molecule has 1 aromatic rings. The summed E-state index contributed by atoms with van der Waals surface area (Å²) in [5, 5.41) is 6.86. The van der Waals surface area contributed by atoms with Crippen molar-refractivity contribution in [2.24, 2.45) is 5.10 Å². The van der Waals surface area contributed by atoms with E-state index >= 15 is 0 Å². The van der Waals surface area contributed by atoms with E-state index in [1.54, 1.807) is 0 Å². The number of amides is 2. The molecule has 0 radical (unpaired) electrons. The van der Waals surface area contributed by atoms with E-state index in [2.05, 4.69) is 15.8 Å². The molecular weight excluding hydrogens is 242 g/mol. The summed E-state index contributed by atoms with van der Waals surface area (Å²) in [6.45, 7) is 1.97. The number of nitrogens with one attached hydrogen (secondary N) is 2. The van der Waals surface area contributed by atoms with Crippen molar-refractivity contribution in [2.75, 3.05) is 5.32 Å². The fourth-order valence-electron chi connectivity index (χ4n) is 1.88. The molecule has 0 aliphatic carbocycles. The van der Waals surface area contributed by atoms with E-state index < -0.39 is 0 Å². The maximum atomic E-state index is 11.5. The van der Waals surface area contributed by atoms with Crippen LogP contribution in [0.4, 0.5) is 5.69 Å². The third-order valence-electron chi connectivity index (χ3n) is 2.88. The SMILES string of the molecule is CCCC(=O)Nc1ccc(C2=NNC(=O)CC2)cc1. The van der Waals surface area contributed by atoms with Crippen molar-refractivity contribution in [3.05, 3.63) is 29.8 Å². The largest absolute Gasteiger partial charge is 0.326 e. The highest BCUT2D eigenvalue weighted by Gasteiger charge is 2.13. The minimum absolute atomic E-state index is 0.0255. The normalized spacial score (nSPS) is 14.6. The number of carbonyl (C=O) groups excluding carboxylic acids is 2. The van der Waals surface area contributed by atoms with Crippen molar-refractivity contribution >= 4 is 23.2 Å². The predicted molar refractivity (Wildman–Crippen MR) is 73.9 cm³/mol. The zero-order chi connectivity index (χ0) is 13.7. The molecule has 1 aromatic carbocycles. The lowest BCUT2D eigenvalue weighted by Crippen LogP contribution is -2.25. The van der Waals surface area contributed by atoms with Crippen LogP contribution < -0.4 is 10.7 Å². The molecule has 0 aromatic heterocycles. The zero-order valence-corrected chi connectivity index (χ0v) is 10.9. The summed E-state index contributed by atoms with van der Waals surface area (Å²) in [7, 11) is 0. The Morgan fingerprint density at radius 3 is 2.63 bits per heavy atom. The van der Waals surface area contributed by atoms with Gasteiger partial charge in [0.1, 0.15) is 0 Å². The molecule has 0 unspecified atom stereocenters. The fraction of sp³-hybridized carbons (Fsp3) is 0.357. The van der Waals surface area contributed by atoms with Crippen LogP contribution in [-0.4, -0.2) is 17.5 Å². The number of hydrogen-bond acceptors (Lipinski definition) is 3. The van der Waals surface area contributed by atoms with Gasteiger partial charge in [-0.25, -0.2) is 5.43 Å². The Morgan fingerprint density at radius 1 is 1.32 bits per heavy atom. The van der Waals surface area contributed by atoms with Crippen LogP contribution in [0.1, 0.15) is 38.2 Å². The van der Waals surface area contributed by atoms with Crippen LogP contribution >= 0.6 is 0 Å². The van der Waals surface area contributed by atoms with Gasteiger partial charge < -0.3 is 5.32 Å². The molecular formula is C14H17N3O2. The predicted octanol–water partition coefficient (Wildman–Crippen LogP) is 2.04. The highest BCUT2D eigenvalue weighted by molar-refractivity contribution is 6.04. The van der Waals surface area contributed by atoms with Gasteiger partial charge in [-0.2, -0.15) is 5.10 Å². The standard InChI is InChI=1S/C14H17N3O2/c1-2-3-13(18)15-11-6-4-10(5-7-11)12-8-9-14(19)17-16-12/h4-7H,2-3,8-9H2,1H3,(H,15,18)(H,17,19). The summed E-state index contributed by atoms with van der Waals surface area (Å²) in [6, 6.07) is 7.50. The minimum Gasteiger partial charge on any atom is -0.326 e. The minimum atomic E-state index is -0.0489. The Kier molecular flexibility index (Phi) is 4.28. The van der Waals surface area contributed by atoms with Gasteiger partial charge in [0, 0.05) is 24.9 Å². The highest BCUT2D eigenvalue weighted by Crippen LogP contribution is 2.14. The number of rotatable bonds is 4. The van der Waals surface area contributed by atoms with Gasteiger partial charge in [-0.3, -0.25) is 9.59 Å². The van der Waals surface area contributed by atoms with Crippen LogP contribution in [0.25, 0.3) is 0 Å². The van der Waals surface area contributed by atoms with E-state index in [1.807, 2.05) is 31.2 Å². The third-order valence-corrected chi connectivity index (χ3v) is 2.88. The average Bonchev–Trinajstić information content (AvgIpc) is 2.41. The number of hydrazone groups is 1. The molecule has 0 atom stereocenters. The summed E-state index contributed by atoms with van der Waals surface area (Å²) in [5.74, 6) is -0.0234. The van der Waals surface area contributed by atoms with Crippen LogP contribution in [-0.2, 0) is 9.59 Å². The van der Waals surface area contributed by atoms with Crippen molar-refractivity contribution in [1.29, 1.82) is 0 Å². The molecule has 0 saturated carbocycles. The van der Waals surface area contributed by atoms with Gasteiger partial charge in [0.05, 0.1) is 5.71 Å². The smallest absolute Gasteiger partial charge is 0.240 e. The van der Waals surface area contributed by atoms with Crippen molar-refractivity contribution in [2.45, 2.75) is 32.6 Å². The first-order valence-corrected chi connectivity index (χ1v) is 6.44. The number of anilines is 1. The van der Waals surface area contributed by atoms with E-state index in [4.69, 9.17) is 0 Å². The number of nitrogens with zero attached hydrogens (tertiary/aromatic N) is 1. The molecule has 1 heterocycles. The summed E-state index contributed by atoms with van der Waals surface area (Å²) in [5.41, 5.74) is 5.09. The number of hydrogen-bond donors (Lipinski definition) is 2. The lowest BCUT2D eigenvalue weighted by atomic mass is 10.0. The first-order valence-electron chi connectivity index (χ1n) is 6.44. The van der Waals surface area contributed by atoms with E-state index in [9.17, 15) is 9.59 Å². The second kappa shape index (κ2) is 6.13. The third kappa shape index (κ3) is 3.64. The van der Waals surface area contributed by atoms with Gasteiger partial charge in [0.2, 0.25) is 11.8 Å². The molecule has 0 spiro atoms. The number of carbonyl (C=O) groups is 2. The molecule has 19 heavy (non-hydrogen) atoms. The molecule has 1 aliphatic rings. The van der Waals surface area contributed by atoms with E-state index in [0.29, 0.717) is 19.3 Å². The van der Waals surface area contributed by atoms with Gasteiger partial charge in [-0.1, -0.05) is 19.1 Å². The van der Waals surface area contributed by atoms with Crippen LogP contribution in [0.3, 0.4) is 0 Å². The molecule has 2 amide bonds. The second-order valence-electron chi connectivity index (χ2n) is 4.47. The first-order chi connectivity index (χ1) is 9.19. The van der Waals surface area contributed by atoms with Crippen LogP contribution in [0, 0.1) is 0 Å². The summed E-state index contributed by atoms with van der Waals surface area (Å²) >= 11 is 0. The monoisotopic (exact) mass is 259 g/mol. The highest BCUT2D eigenvalue weighted by atomic mass is 16.2. The molecule has 5 heteroatoms. The quantitative estimate of drug-likeness (QED) is 0.868. The van der Waals surface area contributed by atoms with Gasteiger partial charge in [-0.05, 0) is 24.1 Å². The topological polar surface area (TPSA) is 70.6 Å². The number of benzene rings is 1. The van der Waals surface area contributed by atoms with E-state index in [0.717, 1.165) is 23.4 Å². The van der Waals surface area contributed by atoms with Gasteiger partial charge in [0.15, 0.2) is 0 Å². The van der Waals surface area contributed by atoms with Crippen LogP contribution in [0.15, 0.2) is 29.4 Å². The van der Waals surface area contributed by atoms with E-state index in [1.165, 1.54) is 0 Å². The maximum absolute atomic E-state index is 11.5. The molecule has 5 nitrogen and oxygen atoms in total. The Balaban J connectivity index is 2.02. The van der Waals surface area contributed by atoms with E-state index in [-0.39, 0.29) is 11.8 Å². The fourth-order valence-corrected chi connectivity index (χ4v) is 1.88. The Labute approximate surface area is 112 Å². The van der Waals surface area contributed by atoms with Gasteiger partial charge >= 0.3 is 0 Å². The second-order valence-corrected chi connectivity index (χ2v) is 4.47. The van der Waals surface area contributed by atoms with Crippen molar-refractivity contribution in [3.63, 3.8) is 0 Å². The van der Waals surface area contributed by atoms with Gasteiger partial charge in [0.25, 0.3) is 0 Å². The average molecular weight is 259 g/mol. The molecule has 2 N–H and O–H groups in total. The molecule has 0 bridgehead atoms. The lowest BCUT2D eigenvalue weighted by Gasteiger charge is -2.12. The Hall–Kier alpha value is -2.17. The van der Waals surface area contributed by atoms with Crippen molar-refractivity contribution in [3.8, 4) is 0 Å². The maximum Gasteiger partial charge on any atom is 0.240 e. The van der Waals surface area contributed by atoms with Gasteiger partial charge in [-0.15, -0.1) is 0 Å². The van der Waals surface area contributed by atoms with Crippen molar-refractivity contribution in [1.82, 2.24) is 5.43 Å². The van der Waals surface area contributed by atoms with Crippen molar-refractivity contribution < 1.29 is 9.59 Å². The Bertz CT molecular complexity index is 506. The molecule has 0 fully saturated rings. The first kappa shape index (κ1) is 13.3. The zero-order valence-electron chi connectivity index (χ0n) is 10.9. The molecule has 1 aliphatic heterocycles. The molecule has 2 rings (SSSR count). The Morgan fingerprint density at radius 2 is 2.05 bits per heavy atom. The summed E-state index contributed by atoms with van der Waals surface area (Å²) in [4.78, 5) is 22.5. The molecule has 100 valence electrons. The molecule has 0 saturated heterocycles. The summed E-state index contributed by atoms with van der Waals surface area (Å²) in [6.07, 6.45) is 2.47. The van der Waals surface area contributed by atoms with Crippen LogP contribution in [0.2, 0.25) is 0 Å². The summed E-state index contributed by atoms with van der Waals surface area (Å²) < 4.78 is 0. The lowest BCUT2D eigenvalue weighted by molar-refractivity contribution is -0.121. The van der Waals surface area contributed by atoms with Crippen LogP contribution in [0.5, 0.6) is 0 Å².